The number of hydrogen-bond donors (Lipinski definition) is 0. The Morgan fingerprint density at radius 1 is 0.520 bits per heavy atom. The molecule has 50 heavy (non-hydrogen) atoms. The highest BCUT2D eigenvalue weighted by Gasteiger charge is 2.82. The zero-order valence-corrected chi connectivity index (χ0v) is 26.7. The number of ketones is 1. The summed E-state index contributed by atoms with van der Waals surface area (Å²) in [6, 6.07) is 39.7. The number of rotatable bonds is 6. The van der Waals surface area contributed by atoms with Crippen molar-refractivity contribution in [3.05, 3.63) is 155 Å². The van der Waals surface area contributed by atoms with Crippen LogP contribution in [0.4, 0.5) is 0 Å². The van der Waals surface area contributed by atoms with E-state index < -0.39 is 22.7 Å². The minimum Gasteiger partial charge on any atom is -0.454 e. The number of hydrogen-bond acceptors (Lipinski definition) is 7. The minimum atomic E-state index is -1.53. The largest absolute Gasteiger partial charge is 0.454 e. The molecule has 3 heterocycles. The number of carbonyl (C=O) groups is 3. The van der Waals surface area contributed by atoms with E-state index >= 15 is 14.4 Å². The molecule has 8 nitrogen and oxygen atoms in total. The molecule has 2 aliphatic carbocycles. The van der Waals surface area contributed by atoms with E-state index in [2.05, 4.69) is 0 Å². The number of imide groups is 1. The number of likely N-dealkylation sites (tertiary alicyclic amines) is 1. The smallest absolute Gasteiger partial charge is 0.235 e. The van der Waals surface area contributed by atoms with Crippen LogP contribution in [0.2, 0.25) is 0 Å². The van der Waals surface area contributed by atoms with Crippen LogP contribution in [0.5, 0.6) is 23.0 Å². The second kappa shape index (κ2) is 10.4. The van der Waals surface area contributed by atoms with Crippen molar-refractivity contribution >= 4 is 28.7 Å². The van der Waals surface area contributed by atoms with Crippen LogP contribution >= 0.6 is 0 Å². The normalized spacial score (nSPS) is 25.5. The molecule has 0 N–H and O–H groups in total. The van der Waals surface area contributed by atoms with Gasteiger partial charge in [-0.2, -0.15) is 0 Å². The third-order valence-corrected chi connectivity index (χ3v) is 11.0. The monoisotopic (exact) mass is 659 g/mol. The number of Topliss-reactive ketones (excluding diaryl/α,β-unsaturated/α-hetero) is 1. The van der Waals surface area contributed by atoms with E-state index in [1.165, 1.54) is 4.90 Å². The van der Waals surface area contributed by atoms with Crippen molar-refractivity contribution in [3.8, 4) is 23.0 Å². The van der Waals surface area contributed by atoms with Crippen molar-refractivity contribution < 1.29 is 33.3 Å². The summed E-state index contributed by atoms with van der Waals surface area (Å²) in [6.07, 6.45) is 0. The van der Waals surface area contributed by atoms with Crippen molar-refractivity contribution in [2.75, 3.05) is 13.6 Å². The molecule has 1 saturated heterocycles. The first-order valence-electron chi connectivity index (χ1n) is 16.6. The Morgan fingerprint density at radius 2 is 0.940 bits per heavy atom. The maximum Gasteiger partial charge on any atom is 0.235 e. The van der Waals surface area contributed by atoms with Gasteiger partial charge in [0.1, 0.15) is 0 Å². The lowest BCUT2D eigenvalue weighted by molar-refractivity contribution is -0.143. The average Bonchev–Trinajstić information content (AvgIpc) is 3.97. The molecule has 10 rings (SSSR count). The molecule has 5 aliphatic rings. The Bertz CT molecular complexity index is 2150. The van der Waals surface area contributed by atoms with Gasteiger partial charge in [-0.3, -0.25) is 19.3 Å². The van der Waals surface area contributed by atoms with E-state index in [-0.39, 0.29) is 37.7 Å². The molecule has 8 heteroatoms. The van der Waals surface area contributed by atoms with Crippen LogP contribution < -0.4 is 18.9 Å². The maximum absolute atomic E-state index is 16.1. The van der Waals surface area contributed by atoms with Crippen molar-refractivity contribution in [1.29, 1.82) is 0 Å². The molecule has 0 unspecified atom stereocenters. The molecule has 1 saturated carbocycles. The fourth-order valence-corrected chi connectivity index (χ4v) is 9.21. The van der Waals surface area contributed by atoms with E-state index in [1.54, 1.807) is 0 Å². The Labute approximate surface area is 287 Å². The SMILES string of the molecule is O=C1[C@@H]2[C@@H](C(=O)N1Cc1ccccc1)[C@@]1(c3ccccc3)C(=O)[C@@]2(c2ccccc2)C(c2ccc3c(c2)OCO3)=C1c1ccc2c(c1)OCO2. The van der Waals surface area contributed by atoms with Gasteiger partial charge in [-0.05, 0) is 63.2 Å². The number of ether oxygens (including phenoxy) is 4. The van der Waals surface area contributed by atoms with Crippen LogP contribution in [0.25, 0.3) is 11.1 Å². The second-order valence-corrected chi connectivity index (χ2v) is 13.3. The van der Waals surface area contributed by atoms with Gasteiger partial charge in [0.25, 0.3) is 0 Å². The standard InChI is InChI=1S/C42H29NO7/c44-38-36-37(39(45)43(38)22-25-10-4-1-5-11-25)42(29-14-8-3-9-15-29)35(27-17-19-31-33(21-27)50-24-48-31)34(26-16-18-30-32(20-26)49-23-47-30)41(36,40(42)46)28-12-6-2-7-13-28/h1-21,36-37H,22-24H2/t36-,37-,41-,42-/m0/s1. The fraction of sp³-hybridized carbons (Fsp3) is 0.167. The highest BCUT2D eigenvalue weighted by molar-refractivity contribution is 6.35. The van der Waals surface area contributed by atoms with Gasteiger partial charge in [0, 0.05) is 0 Å². The first-order valence-corrected chi connectivity index (χ1v) is 16.6. The summed E-state index contributed by atoms with van der Waals surface area (Å²) in [5, 5.41) is 0. The summed E-state index contributed by atoms with van der Waals surface area (Å²) in [4.78, 5) is 47.7. The average molecular weight is 660 g/mol. The van der Waals surface area contributed by atoms with Crippen molar-refractivity contribution in [3.63, 3.8) is 0 Å². The van der Waals surface area contributed by atoms with Gasteiger partial charge < -0.3 is 18.9 Å². The molecule has 2 bridgehead atoms. The van der Waals surface area contributed by atoms with Crippen molar-refractivity contribution in [2.45, 2.75) is 17.4 Å². The number of allylic oxidation sites excluding steroid dienone is 2. The first-order chi connectivity index (χ1) is 24.5. The topological polar surface area (TPSA) is 91.4 Å². The van der Waals surface area contributed by atoms with Crippen LogP contribution in [0.3, 0.4) is 0 Å². The lowest BCUT2D eigenvalue weighted by Crippen LogP contribution is -2.45. The van der Waals surface area contributed by atoms with Crippen LogP contribution in [0.15, 0.2) is 127 Å². The number of nitrogens with zero attached hydrogens (tertiary/aromatic N) is 1. The molecule has 5 aromatic carbocycles. The molecule has 0 aromatic heterocycles. The highest BCUT2D eigenvalue weighted by Crippen LogP contribution is 2.74. The summed E-state index contributed by atoms with van der Waals surface area (Å²) < 4.78 is 23.1. The Balaban J connectivity index is 1.34. The molecule has 3 aliphatic heterocycles. The molecule has 4 atom stereocenters. The number of amides is 2. The third kappa shape index (κ3) is 3.57. The number of carbonyl (C=O) groups excluding carboxylic acids is 3. The van der Waals surface area contributed by atoms with Gasteiger partial charge in [0.15, 0.2) is 28.8 Å². The Hall–Kier alpha value is -6.15. The van der Waals surface area contributed by atoms with Gasteiger partial charge in [0.05, 0.1) is 29.2 Å². The van der Waals surface area contributed by atoms with E-state index in [4.69, 9.17) is 18.9 Å². The summed E-state index contributed by atoms with van der Waals surface area (Å²) in [5.74, 6) is -0.647. The number of benzene rings is 5. The summed E-state index contributed by atoms with van der Waals surface area (Å²) in [5.41, 5.74) is 1.83. The fourth-order valence-electron chi connectivity index (χ4n) is 9.21. The third-order valence-electron chi connectivity index (χ3n) is 11.0. The Kier molecular flexibility index (Phi) is 6.01. The lowest BCUT2D eigenvalue weighted by Gasteiger charge is -2.39. The second-order valence-electron chi connectivity index (χ2n) is 13.3. The van der Waals surface area contributed by atoms with Gasteiger partial charge in [-0.25, -0.2) is 0 Å². The van der Waals surface area contributed by atoms with E-state index in [0.717, 1.165) is 5.56 Å². The van der Waals surface area contributed by atoms with E-state index in [0.29, 0.717) is 56.4 Å². The van der Waals surface area contributed by atoms with Gasteiger partial charge in [-0.1, -0.05) is 103 Å². The lowest BCUT2D eigenvalue weighted by atomic mass is 9.59. The predicted molar refractivity (Wildman–Crippen MR) is 182 cm³/mol. The summed E-state index contributed by atoms with van der Waals surface area (Å²) in [6.45, 7) is 0.263. The van der Waals surface area contributed by atoms with Gasteiger partial charge in [-0.15, -0.1) is 0 Å². The van der Waals surface area contributed by atoms with Crippen LogP contribution in [0.1, 0.15) is 27.8 Å². The van der Waals surface area contributed by atoms with Gasteiger partial charge >= 0.3 is 0 Å². The van der Waals surface area contributed by atoms with Crippen molar-refractivity contribution in [1.82, 2.24) is 4.90 Å². The molecule has 2 amide bonds. The first kappa shape index (κ1) is 28.8. The van der Waals surface area contributed by atoms with Crippen LogP contribution in [-0.4, -0.2) is 36.1 Å². The molecule has 5 aromatic rings. The van der Waals surface area contributed by atoms with Crippen LogP contribution in [0, 0.1) is 11.8 Å². The molecule has 244 valence electrons. The predicted octanol–water partition coefficient (Wildman–Crippen LogP) is 6.33. The maximum atomic E-state index is 16.1. The summed E-state index contributed by atoms with van der Waals surface area (Å²) >= 11 is 0. The molecular weight excluding hydrogens is 630 g/mol. The molecule has 0 radical (unpaired) electrons. The summed E-state index contributed by atoms with van der Waals surface area (Å²) in [7, 11) is 0. The molecule has 2 fully saturated rings. The minimum absolute atomic E-state index is 0.0791. The Morgan fingerprint density at radius 3 is 1.40 bits per heavy atom. The van der Waals surface area contributed by atoms with E-state index in [1.807, 2.05) is 127 Å². The van der Waals surface area contributed by atoms with E-state index in [9.17, 15) is 0 Å². The van der Waals surface area contributed by atoms with Gasteiger partial charge in [0.2, 0.25) is 25.4 Å². The quantitative estimate of drug-likeness (QED) is 0.197. The zero-order chi connectivity index (χ0) is 33.6. The molecule has 0 spiro atoms. The van der Waals surface area contributed by atoms with Crippen LogP contribution in [-0.2, 0) is 31.8 Å². The molecular formula is C42H29NO7. The van der Waals surface area contributed by atoms with Crippen molar-refractivity contribution in [2.24, 2.45) is 11.8 Å². The number of fused-ring (bicyclic) bond motifs is 7. The zero-order valence-electron chi connectivity index (χ0n) is 26.7. The highest BCUT2D eigenvalue weighted by atomic mass is 16.7.